The number of carbonyl (C=O) groups excluding carboxylic acids is 2. The smallest absolute Gasteiger partial charge is 0.244 e. The van der Waals surface area contributed by atoms with Crippen molar-refractivity contribution in [1.82, 2.24) is 4.57 Å². The van der Waals surface area contributed by atoms with Gasteiger partial charge in [0, 0.05) is 23.6 Å². The molecule has 2 aromatic rings. The predicted molar refractivity (Wildman–Crippen MR) is 69.6 cm³/mol. The third-order valence-corrected chi connectivity index (χ3v) is 2.65. The van der Waals surface area contributed by atoms with E-state index < -0.39 is 0 Å². The topological polar surface area (TPSA) is 51.1 Å². The Morgan fingerprint density at radius 3 is 2.78 bits per heavy atom. The van der Waals surface area contributed by atoms with Gasteiger partial charge in [-0.05, 0) is 24.6 Å². The van der Waals surface area contributed by atoms with Gasteiger partial charge in [-0.2, -0.15) is 0 Å². The normalized spacial score (nSPS) is 10.1. The molecular weight excluding hydrogens is 228 g/mol. The molecule has 2 rings (SSSR count). The van der Waals surface area contributed by atoms with Gasteiger partial charge in [-0.3, -0.25) is 9.59 Å². The lowest BCUT2D eigenvalue weighted by atomic mass is 10.2. The van der Waals surface area contributed by atoms with Gasteiger partial charge in [0.05, 0.1) is 0 Å². The molecule has 0 aliphatic heterocycles. The molecule has 0 unspecified atom stereocenters. The summed E-state index contributed by atoms with van der Waals surface area (Å²) in [6.45, 7) is 2.14. The fourth-order valence-corrected chi connectivity index (χ4v) is 1.70. The Labute approximate surface area is 105 Å². The zero-order chi connectivity index (χ0) is 13.0. The van der Waals surface area contributed by atoms with Crippen molar-refractivity contribution in [3.05, 3.63) is 53.9 Å². The van der Waals surface area contributed by atoms with Crippen molar-refractivity contribution >= 4 is 17.9 Å². The molecule has 1 aromatic heterocycles. The summed E-state index contributed by atoms with van der Waals surface area (Å²) in [5.41, 5.74) is 2.40. The number of para-hydroxylation sites is 1. The number of nitrogens with zero attached hydrogens (tertiary/aromatic N) is 1. The van der Waals surface area contributed by atoms with E-state index in [1.165, 1.54) is 0 Å². The second-order valence-corrected chi connectivity index (χ2v) is 4.10. The van der Waals surface area contributed by atoms with Gasteiger partial charge in [0.25, 0.3) is 0 Å². The van der Waals surface area contributed by atoms with Crippen LogP contribution in [0.3, 0.4) is 0 Å². The van der Waals surface area contributed by atoms with Crippen LogP contribution in [0.2, 0.25) is 0 Å². The maximum absolute atomic E-state index is 11.8. The summed E-state index contributed by atoms with van der Waals surface area (Å²) >= 11 is 0. The number of aromatic nitrogens is 1. The minimum absolute atomic E-state index is 0.114. The Morgan fingerprint density at radius 2 is 2.11 bits per heavy atom. The van der Waals surface area contributed by atoms with E-state index in [-0.39, 0.29) is 12.5 Å². The number of anilines is 1. The van der Waals surface area contributed by atoms with Crippen LogP contribution in [0, 0.1) is 6.92 Å². The highest BCUT2D eigenvalue weighted by molar-refractivity contribution is 5.91. The number of carbonyl (C=O) groups is 2. The van der Waals surface area contributed by atoms with Gasteiger partial charge in [0.15, 0.2) is 6.29 Å². The summed E-state index contributed by atoms with van der Waals surface area (Å²) in [5.74, 6) is -0.114. The molecule has 1 N–H and O–H groups in total. The number of amides is 1. The first-order valence-electron chi connectivity index (χ1n) is 5.65. The van der Waals surface area contributed by atoms with E-state index >= 15 is 0 Å². The van der Waals surface area contributed by atoms with Gasteiger partial charge in [-0.1, -0.05) is 18.2 Å². The Bertz CT molecular complexity index is 573. The fraction of sp³-hybridized carbons (Fsp3) is 0.143. The third-order valence-electron chi connectivity index (χ3n) is 2.65. The number of hydrogen-bond acceptors (Lipinski definition) is 2. The third kappa shape index (κ3) is 2.85. The van der Waals surface area contributed by atoms with Crippen molar-refractivity contribution in [2.45, 2.75) is 13.5 Å². The van der Waals surface area contributed by atoms with Crippen molar-refractivity contribution in [1.29, 1.82) is 0 Å². The predicted octanol–water partition coefficient (Wildman–Crippen LogP) is 2.25. The highest BCUT2D eigenvalue weighted by Gasteiger charge is 2.05. The number of aldehydes is 1. The molecule has 0 saturated heterocycles. The highest BCUT2D eigenvalue weighted by atomic mass is 16.2. The minimum Gasteiger partial charge on any atom is -0.344 e. The molecule has 0 atom stereocenters. The van der Waals surface area contributed by atoms with E-state index in [0.717, 1.165) is 17.5 Å². The summed E-state index contributed by atoms with van der Waals surface area (Å²) in [7, 11) is 0. The Balaban J connectivity index is 2.01. The van der Waals surface area contributed by atoms with Gasteiger partial charge < -0.3 is 9.88 Å². The van der Waals surface area contributed by atoms with E-state index in [4.69, 9.17) is 0 Å². The molecule has 18 heavy (non-hydrogen) atoms. The number of benzene rings is 1. The second kappa shape index (κ2) is 5.31. The summed E-state index contributed by atoms with van der Waals surface area (Å²) in [6.07, 6.45) is 4.11. The molecule has 0 aliphatic carbocycles. The molecule has 92 valence electrons. The lowest BCUT2D eigenvalue weighted by molar-refractivity contribution is -0.116. The second-order valence-electron chi connectivity index (χ2n) is 4.10. The van der Waals surface area contributed by atoms with Crippen LogP contribution in [0.4, 0.5) is 5.69 Å². The summed E-state index contributed by atoms with van der Waals surface area (Å²) in [5, 5.41) is 2.84. The average molecular weight is 242 g/mol. The zero-order valence-electron chi connectivity index (χ0n) is 10.1. The van der Waals surface area contributed by atoms with Gasteiger partial charge in [0.1, 0.15) is 6.54 Å². The average Bonchev–Trinajstić information content (AvgIpc) is 2.80. The molecule has 1 heterocycles. The summed E-state index contributed by atoms with van der Waals surface area (Å²) in [6, 6.07) is 9.28. The molecule has 0 saturated carbocycles. The van der Waals surface area contributed by atoms with Crippen molar-refractivity contribution in [2.75, 3.05) is 5.32 Å². The number of nitrogens with one attached hydrogen (secondary N) is 1. The maximum atomic E-state index is 11.8. The van der Waals surface area contributed by atoms with Crippen LogP contribution in [0.15, 0.2) is 42.7 Å². The lowest BCUT2D eigenvalue weighted by Gasteiger charge is -2.08. The zero-order valence-corrected chi connectivity index (χ0v) is 10.1. The summed E-state index contributed by atoms with van der Waals surface area (Å²) < 4.78 is 1.68. The van der Waals surface area contributed by atoms with Crippen LogP contribution in [-0.4, -0.2) is 16.8 Å². The Hall–Kier alpha value is -2.36. The van der Waals surface area contributed by atoms with Crippen LogP contribution in [0.1, 0.15) is 15.9 Å². The van der Waals surface area contributed by atoms with Gasteiger partial charge >= 0.3 is 0 Å². The maximum Gasteiger partial charge on any atom is 0.244 e. The first kappa shape index (κ1) is 12.1. The van der Waals surface area contributed by atoms with Crippen molar-refractivity contribution < 1.29 is 9.59 Å². The van der Waals surface area contributed by atoms with Crippen molar-refractivity contribution in [3.63, 3.8) is 0 Å². The molecule has 1 amide bonds. The van der Waals surface area contributed by atoms with Gasteiger partial charge in [0.2, 0.25) is 5.91 Å². The first-order valence-corrected chi connectivity index (χ1v) is 5.65. The Kier molecular flexibility index (Phi) is 3.57. The largest absolute Gasteiger partial charge is 0.344 e. The van der Waals surface area contributed by atoms with E-state index in [2.05, 4.69) is 5.32 Å². The SMILES string of the molecule is Cc1ccccc1NC(=O)Cn1ccc(C=O)c1. The molecule has 0 spiro atoms. The van der Waals surface area contributed by atoms with E-state index in [0.29, 0.717) is 5.56 Å². The van der Waals surface area contributed by atoms with Crippen LogP contribution in [-0.2, 0) is 11.3 Å². The van der Waals surface area contributed by atoms with E-state index in [9.17, 15) is 9.59 Å². The molecule has 0 aliphatic rings. The van der Waals surface area contributed by atoms with Gasteiger partial charge in [-0.25, -0.2) is 0 Å². The molecular formula is C14H14N2O2. The van der Waals surface area contributed by atoms with Crippen LogP contribution < -0.4 is 5.32 Å². The van der Waals surface area contributed by atoms with E-state index in [1.54, 1.807) is 23.0 Å². The lowest BCUT2D eigenvalue weighted by Crippen LogP contribution is -2.18. The highest BCUT2D eigenvalue weighted by Crippen LogP contribution is 2.13. The number of rotatable bonds is 4. The van der Waals surface area contributed by atoms with E-state index in [1.807, 2.05) is 31.2 Å². The van der Waals surface area contributed by atoms with Gasteiger partial charge in [-0.15, -0.1) is 0 Å². The van der Waals surface area contributed by atoms with Crippen LogP contribution in [0.5, 0.6) is 0 Å². The molecule has 0 bridgehead atoms. The molecule has 4 nitrogen and oxygen atoms in total. The molecule has 1 aromatic carbocycles. The Morgan fingerprint density at radius 1 is 1.33 bits per heavy atom. The minimum atomic E-state index is -0.114. The summed E-state index contributed by atoms with van der Waals surface area (Å²) in [4.78, 5) is 22.3. The number of hydrogen-bond donors (Lipinski definition) is 1. The number of aryl methyl sites for hydroxylation is 1. The first-order chi connectivity index (χ1) is 8.69. The van der Waals surface area contributed by atoms with Crippen LogP contribution in [0.25, 0.3) is 0 Å². The monoisotopic (exact) mass is 242 g/mol. The standard InChI is InChI=1S/C14H14N2O2/c1-11-4-2-3-5-13(11)15-14(18)9-16-7-6-12(8-16)10-17/h2-8,10H,9H2,1H3,(H,15,18). The van der Waals surface area contributed by atoms with Crippen LogP contribution >= 0.6 is 0 Å². The molecule has 4 heteroatoms. The molecule has 0 fully saturated rings. The quantitative estimate of drug-likeness (QED) is 0.836. The molecule has 0 radical (unpaired) electrons. The van der Waals surface area contributed by atoms with Crippen molar-refractivity contribution in [3.8, 4) is 0 Å². The van der Waals surface area contributed by atoms with Crippen molar-refractivity contribution in [2.24, 2.45) is 0 Å². The fourth-order valence-electron chi connectivity index (χ4n) is 1.70.